The van der Waals surface area contributed by atoms with Crippen LogP contribution in [0.15, 0.2) is 18.2 Å². The van der Waals surface area contributed by atoms with E-state index in [4.69, 9.17) is 27.9 Å². The van der Waals surface area contributed by atoms with Crippen molar-refractivity contribution in [2.45, 2.75) is 25.4 Å². The Hall–Kier alpha value is -0.810. The summed E-state index contributed by atoms with van der Waals surface area (Å²) in [4.78, 5) is 11.6. The third kappa shape index (κ3) is 2.95. The van der Waals surface area contributed by atoms with Gasteiger partial charge in [-0.25, -0.2) is 10.9 Å². The number of halogens is 2. The molecule has 1 aromatic carbocycles. The van der Waals surface area contributed by atoms with Crippen molar-refractivity contribution in [3.63, 3.8) is 0 Å². The number of hydrazine groups is 1. The average Bonchev–Trinajstić information content (AvgIpc) is 2.78. The second-order valence-electron chi connectivity index (χ2n) is 4.05. The van der Waals surface area contributed by atoms with E-state index < -0.39 is 0 Å². The van der Waals surface area contributed by atoms with Crippen molar-refractivity contribution in [2.24, 2.45) is 0 Å². The number of carbonyl (C=O) groups excluding carboxylic acids is 1. The van der Waals surface area contributed by atoms with E-state index in [1.165, 1.54) is 0 Å². The molecule has 1 aliphatic heterocycles. The van der Waals surface area contributed by atoms with Gasteiger partial charge in [-0.05, 0) is 31.0 Å². The van der Waals surface area contributed by atoms with Crippen LogP contribution in [0, 0.1) is 0 Å². The largest absolute Gasteiger partial charge is 0.465 e. The molecule has 0 amide bonds. The molecule has 6 heteroatoms. The van der Waals surface area contributed by atoms with Crippen LogP contribution in [-0.4, -0.2) is 18.6 Å². The Morgan fingerprint density at radius 2 is 2.22 bits per heavy atom. The third-order valence-electron chi connectivity index (χ3n) is 2.81. The zero-order valence-electron chi connectivity index (χ0n) is 9.87. The molecule has 98 valence electrons. The lowest BCUT2D eigenvalue weighted by Crippen LogP contribution is -2.37. The summed E-state index contributed by atoms with van der Waals surface area (Å²) < 4.78 is 4.96. The molecule has 1 aromatic rings. The Morgan fingerprint density at radius 1 is 1.44 bits per heavy atom. The first-order valence-electron chi connectivity index (χ1n) is 5.74. The van der Waals surface area contributed by atoms with Gasteiger partial charge in [-0.1, -0.05) is 29.3 Å². The Bertz CT molecular complexity index is 454. The number of hydrogen-bond donors (Lipinski definition) is 2. The third-order valence-corrected chi connectivity index (χ3v) is 3.37. The van der Waals surface area contributed by atoms with Crippen LogP contribution in [0.5, 0.6) is 0 Å². The summed E-state index contributed by atoms with van der Waals surface area (Å²) in [6.07, 6.45) is 0.597. The normalized spacial score (nSPS) is 23.1. The maximum atomic E-state index is 11.6. The SMILES string of the molecule is CCOC(=O)C1CC(c2ccc(Cl)cc2Cl)NN1. The molecule has 0 spiro atoms. The van der Waals surface area contributed by atoms with E-state index in [0.29, 0.717) is 23.1 Å². The number of benzene rings is 1. The summed E-state index contributed by atoms with van der Waals surface area (Å²) in [7, 11) is 0. The van der Waals surface area contributed by atoms with Gasteiger partial charge < -0.3 is 4.74 Å². The van der Waals surface area contributed by atoms with Gasteiger partial charge >= 0.3 is 5.97 Å². The van der Waals surface area contributed by atoms with Gasteiger partial charge in [0, 0.05) is 16.1 Å². The van der Waals surface area contributed by atoms with E-state index in [0.717, 1.165) is 5.56 Å². The van der Waals surface area contributed by atoms with Crippen LogP contribution in [0.4, 0.5) is 0 Å². The van der Waals surface area contributed by atoms with Gasteiger partial charge in [-0.2, -0.15) is 0 Å². The van der Waals surface area contributed by atoms with Crippen molar-refractivity contribution in [1.29, 1.82) is 0 Å². The maximum absolute atomic E-state index is 11.6. The molecule has 2 atom stereocenters. The van der Waals surface area contributed by atoms with Crippen molar-refractivity contribution in [3.8, 4) is 0 Å². The van der Waals surface area contributed by atoms with Gasteiger partial charge in [-0.3, -0.25) is 4.79 Å². The van der Waals surface area contributed by atoms with Crippen molar-refractivity contribution < 1.29 is 9.53 Å². The van der Waals surface area contributed by atoms with Crippen molar-refractivity contribution in [3.05, 3.63) is 33.8 Å². The van der Waals surface area contributed by atoms with E-state index in [9.17, 15) is 4.79 Å². The van der Waals surface area contributed by atoms with E-state index in [2.05, 4.69) is 10.9 Å². The van der Waals surface area contributed by atoms with Gasteiger partial charge in [0.25, 0.3) is 0 Å². The van der Waals surface area contributed by atoms with Crippen molar-refractivity contribution >= 4 is 29.2 Å². The fraction of sp³-hybridized carbons (Fsp3) is 0.417. The average molecular weight is 289 g/mol. The quantitative estimate of drug-likeness (QED) is 0.839. The molecule has 0 aliphatic carbocycles. The Kier molecular flexibility index (Phi) is 4.45. The maximum Gasteiger partial charge on any atom is 0.324 e. The van der Waals surface area contributed by atoms with Crippen molar-refractivity contribution in [2.75, 3.05) is 6.61 Å². The minimum absolute atomic E-state index is 0.0239. The van der Waals surface area contributed by atoms with Crippen LogP contribution < -0.4 is 10.9 Å². The highest BCUT2D eigenvalue weighted by molar-refractivity contribution is 6.35. The van der Waals surface area contributed by atoms with E-state index in [-0.39, 0.29) is 18.1 Å². The highest BCUT2D eigenvalue weighted by Gasteiger charge is 2.31. The van der Waals surface area contributed by atoms with E-state index >= 15 is 0 Å². The van der Waals surface area contributed by atoms with Crippen LogP contribution in [0.1, 0.15) is 24.9 Å². The molecule has 0 saturated carbocycles. The molecular weight excluding hydrogens is 275 g/mol. The van der Waals surface area contributed by atoms with Crippen LogP contribution >= 0.6 is 23.2 Å². The first-order valence-corrected chi connectivity index (χ1v) is 6.50. The highest BCUT2D eigenvalue weighted by Crippen LogP contribution is 2.30. The van der Waals surface area contributed by atoms with Crippen LogP contribution in [-0.2, 0) is 9.53 Å². The zero-order chi connectivity index (χ0) is 13.1. The first kappa shape index (κ1) is 13.6. The number of carbonyl (C=O) groups is 1. The number of rotatable bonds is 3. The van der Waals surface area contributed by atoms with Gasteiger partial charge in [0.15, 0.2) is 0 Å². The Labute approximate surface area is 116 Å². The second-order valence-corrected chi connectivity index (χ2v) is 4.89. The van der Waals surface area contributed by atoms with E-state index in [1.807, 2.05) is 6.07 Å². The van der Waals surface area contributed by atoms with Crippen molar-refractivity contribution in [1.82, 2.24) is 10.9 Å². The van der Waals surface area contributed by atoms with Gasteiger partial charge in [0.1, 0.15) is 6.04 Å². The van der Waals surface area contributed by atoms with Gasteiger partial charge in [-0.15, -0.1) is 0 Å². The number of esters is 1. The number of ether oxygens (including phenoxy) is 1. The summed E-state index contributed by atoms with van der Waals surface area (Å²) in [5.74, 6) is -0.252. The summed E-state index contributed by atoms with van der Waals surface area (Å²) in [5.41, 5.74) is 6.88. The smallest absolute Gasteiger partial charge is 0.324 e. The Morgan fingerprint density at radius 3 is 2.89 bits per heavy atom. The number of nitrogens with one attached hydrogen (secondary N) is 2. The molecule has 1 fully saturated rings. The molecular formula is C12H14Cl2N2O2. The lowest BCUT2D eigenvalue weighted by atomic mass is 10.0. The molecule has 2 rings (SSSR count). The van der Waals surface area contributed by atoms with Crippen LogP contribution in [0.25, 0.3) is 0 Å². The summed E-state index contributed by atoms with van der Waals surface area (Å²) in [5, 5.41) is 1.18. The minimum atomic E-state index is -0.346. The number of hydrogen-bond acceptors (Lipinski definition) is 4. The second kappa shape index (κ2) is 5.89. The predicted molar refractivity (Wildman–Crippen MR) is 70.5 cm³/mol. The summed E-state index contributed by atoms with van der Waals surface area (Å²) in [6, 6.07) is 4.96. The predicted octanol–water partition coefficient (Wildman–Crippen LogP) is 2.46. The Balaban J connectivity index is 2.06. The minimum Gasteiger partial charge on any atom is -0.465 e. The molecule has 1 saturated heterocycles. The van der Waals surface area contributed by atoms with Gasteiger partial charge in [0.05, 0.1) is 6.61 Å². The fourth-order valence-electron chi connectivity index (χ4n) is 1.94. The molecule has 2 N–H and O–H groups in total. The van der Waals surface area contributed by atoms with Gasteiger partial charge in [0.2, 0.25) is 0 Å². The standard InChI is InChI=1S/C12H14Cl2N2O2/c1-2-18-12(17)11-6-10(15-16-11)8-4-3-7(13)5-9(8)14/h3-5,10-11,15-16H,2,6H2,1H3. The molecule has 18 heavy (non-hydrogen) atoms. The molecule has 1 aliphatic rings. The molecule has 0 aromatic heterocycles. The summed E-state index contributed by atoms with van der Waals surface area (Å²) in [6.45, 7) is 2.16. The highest BCUT2D eigenvalue weighted by atomic mass is 35.5. The molecule has 1 heterocycles. The van der Waals surface area contributed by atoms with Crippen LogP contribution in [0.2, 0.25) is 10.0 Å². The molecule has 0 bridgehead atoms. The molecule has 4 nitrogen and oxygen atoms in total. The lowest BCUT2D eigenvalue weighted by Gasteiger charge is -2.11. The molecule has 0 radical (unpaired) electrons. The first-order chi connectivity index (χ1) is 8.61. The monoisotopic (exact) mass is 288 g/mol. The fourth-order valence-corrected chi connectivity index (χ4v) is 2.48. The lowest BCUT2D eigenvalue weighted by molar-refractivity contribution is -0.145. The summed E-state index contributed by atoms with van der Waals surface area (Å²) >= 11 is 12.0. The zero-order valence-corrected chi connectivity index (χ0v) is 11.4. The topological polar surface area (TPSA) is 50.4 Å². The molecule has 2 unspecified atom stereocenters. The van der Waals surface area contributed by atoms with Crippen LogP contribution in [0.3, 0.4) is 0 Å². The van der Waals surface area contributed by atoms with E-state index in [1.54, 1.807) is 19.1 Å².